The van der Waals surface area contributed by atoms with Gasteiger partial charge in [0.2, 0.25) is 0 Å². The van der Waals surface area contributed by atoms with E-state index in [-0.39, 0.29) is 0 Å². The average Bonchev–Trinajstić information content (AvgIpc) is 2.95. The maximum Gasteiger partial charge on any atom is 0.0590 e. The van der Waals surface area contributed by atoms with Crippen molar-refractivity contribution in [2.45, 2.75) is 51.2 Å². The van der Waals surface area contributed by atoms with Crippen molar-refractivity contribution in [1.82, 2.24) is 5.32 Å². The summed E-state index contributed by atoms with van der Waals surface area (Å²) in [6.45, 7) is 4.42. The molecule has 2 aliphatic rings. The predicted octanol–water partition coefficient (Wildman–Crippen LogP) is 2.68. The molecule has 2 fully saturated rings. The summed E-state index contributed by atoms with van der Waals surface area (Å²) in [6, 6.07) is 0.615. The smallest absolute Gasteiger partial charge is 0.0590 e. The first-order valence-electron chi connectivity index (χ1n) is 6.77. The molecule has 1 saturated heterocycles. The molecule has 0 aromatic heterocycles. The molecule has 2 unspecified atom stereocenters. The van der Waals surface area contributed by atoms with E-state index >= 15 is 0 Å². The molecule has 2 atom stereocenters. The minimum Gasteiger partial charge on any atom is -0.378 e. The highest BCUT2D eigenvalue weighted by Crippen LogP contribution is 2.32. The Balaban J connectivity index is 1.41. The largest absolute Gasteiger partial charge is 0.378 e. The van der Waals surface area contributed by atoms with E-state index in [1.165, 1.54) is 43.6 Å². The predicted molar refractivity (Wildman–Crippen MR) is 71.1 cm³/mol. The van der Waals surface area contributed by atoms with Gasteiger partial charge in [-0.2, -0.15) is 11.8 Å². The molecule has 0 bridgehead atoms. The van der Waals surface area contributed by atoms with Gasteiger partial charge in [-0.3, -0.25) is 0 Å². The summed E-state index contributed by atoms with van der Waals surface area (Å²) in [4.78, 5) is 0. The lowest BCUT2D eigenvalue weighted by molar-refractivity contribution is 0.0966. The van der Waals surface area contributed by atoms with E-state index in [9.17, 15) is 0 Å². The molecule has 2 rings (SSSR count). The number of nitrogens with one attached hydrogen (secondary N) is 1. The normalized spacial score (nSPS) is 27.2. The Labute approximate surface area is 104 Å². The Morgan fingerprint density at radius 2 is 2.25 bits per heavy atom. The van der Waals surface area contributed by atoms with E-state index < -0.39 is 0 Å². The van der Waals surface area contributed by atoms with Crippen LogP contribution >= 0.6 is 11.8 Å². The zero-order chi connectivity index (χ0) is 11.2. The Morgan fingerprint density at radius 1 is 1.38 bits per heavy atom. The van der Waals surface area contributed by atoms with Gasteiger partial charge in [-0.1, -0.05) is 0 Å². The lowest BCUT2D eigenvalue weighted by atomic mass is 10.1. The number of hydrogen-bond acceptors (Lipinski definition) is 3. The van der Waals surface area contributed by atoms with Crippen LogP contribution in [0.25, 0.3) is 0 Å². The van der Waals surface area contributed by atoms with Crippen LogP contribution in [-0.4, -0.2) is 36.8 Å². The van der Waals surface area contributed by atoms with Crippen molar-refractivity contribution < 1.29 is 4.74 Å². The van der Waals surface area contributed by atoms with Crippen LogP contribution in [0.15, 0.2) is 0 Å². The van der Waals surface area contributed by atoms with Crippen molar-refractivity contribution in [3.63, 3.8) is 0 Å². The molecule has 1 N–H and O–H groups in total. The highest BCUT2D eigenvalue weighted by Gasteiger charge is 2.20. The summed E-state index contributed by atoms with van der Waals surface area (Å²) in [6.07, 6.45) is 7.21. The summed E-state index contributed by atoms with van der Waals surface area (Å²) in [5, 5.41) is 3.60. The van der Waals surface area contributed by atoms with Crippen molar-refractivity contribution in [2.24, 2.45) is 5.92 Å². The van der Waals surface area contributed by atoms with E-state index in [0.29, 0.717) is 12.1 Å². The molecule has 1 saturated carbocycles. The van der Waals surface area contributed by atoms with Crippen molar-refractivity contribution in [2.75, 3.05) is 24.7 Å². The zero-order valence-electron chi connectivity index (χ0n) is 10.4. The van der Waals surface area contributed by atoms with Gasteiger partial charge >= 0.3 is 0 Å². The molecule has 16 heavy (non-hydrogen) atoms. The quantitative estimate of drug-likeness (QED) is 0.662. The third kappa shape index (κ3) is 5.07. The number of ether oxygens (including phenoxy) is 1. The van der Waals surface area contributed by atoms with Crippen molar-refractivity contribution in [3.8, 4) is 0 Å². The summed E-state index contributed by atoms with van der Waals surface area (Å²) in [5.41, 5.74) is 0. The SMILES string of the molecule is CC(CC1CCCO1)NCCSCC1CC1. The molecule has 94 valence electrons. The maximum atomic E-state index is 5.65. The third-order valence-corrected chi connectivity index (χ3v) is 4.63. The van der Waals surface area contributed by atoms with Gasteiger partial charge < -0.3 is 10.1 Å². The first-order valence-corrected chi connectivity index (χ1v) is 7.93. The second-order valence-electron chi connectivity index (χ2n) is 5.24. The van der Waals surface area contributed by atoms with Crippen molar-refractivity contribution >= 4 is 11.8 Å². The number of rotatable bonds is 8. The number of thioether (sulfide) groups is 1. The van der Waals surface area contributed by atoms with Crippen LogP contribution < -0.4 is 5.32 Å². The van der Waals surface area contributed by atoms with Gasteiger partial charge in [0.25, 0.3) is 0 Å². The van der Waals surface area contributed by atoms with Crippen molar-refractivity contribution in [3.05, 3.63) is 0 Å². The second kappa shape index (κ2) is 6.87. The molecule has 0 spiro atoms. The Kier molecular flexibility index (Phi) is 5.46. The second-order valence-corrected chi connectivity index (χ2v) is 6.39. The molecule has 0 aromatic rings. The maximum absolute atomic E-state index is 5.65. The van der Waals surface area contributed by atoms with E-state index in [4.69, 9.17) is 4.74 Å². The molecule has 1 heterocycles. The third-order valence-electron chi connectivity index (χ3n) is 3.43. The molecular formula is C13H25NOS. The summed E-state index contributed by atoms with van der Waals surface area (Å²) in [5.74, 6) is 3.73. The minimum absolute atomic E-state index is 0.529. The van der Waals surface area contributed by atoms with E-state index in [1.54, 1.807) is 0 Å². The minimum atomic E-state index is 0.529. The lowest BCUT2D eigenvalue weighted by Crippen LogP contribution is -2.31. The Bertz CT molecular complexity index is 190. The fraction of sp³-hybridized carbons (Fsp3) is 1.00. The standard InChI is InChI=1S/C13H25NOS/c1-11(9-13-3-2-7-15-13)14-6-8-16-10-12-4-5-12/h11-14H,2-10H2,1H3. The fourth-order valence-electron chi connectivity index (χ4n) is 2.22. The van der Waals surface area contributed by atoms with Gasteiger partial charge in [0, 0.05) is 24.9 Å². The van der Waals surface area contributed by atoms with E-state index in [2.05, 4.69) is 24.0 Å². The van der Waals surface area contributed by atoms with Crippen LogP contribution in [0.1, 0.15) is 39.0 Å². The summed E-state index contributed by atoms with van der Waals surface area (Å²) < 4.78 is 5.65. The van der Waals surface area contributed by atoms with Crippen LogP contribution in [0.4, 0.5) is 0 Å². The molecule has 3 heteroatoms. The van der Waals surface area contributed by atoms with Gasteiger partial charge in [-0.05, 0) is 50.7 Å². The summed E-state index contributed by atoms with van der Waals surface area (Å²) >= 11 is 2.11. The van der Waals surface area contributed by atoms with E-state index in [1.807, 2.05) is 0 Å². The highest BCUT2D eigenvalue weighted by molar-refractivity contribution is 7.99. The van der Waals surface area contributed by atoms with Gasteiger partial charge in [0.1, 0.15) is 0 Å². The first kappa shape index (κ1) is 12.7. The van der Waals surface area contributed by atoms with Crippen LogP contribution in [0.5, 0.6) is 0 Å². The lowest BCUT2D eigenvalue weighted by Gasteiger charge is -2.17. The van der Waals surface area contributed by atoms with E-state index in [0.717, 1.165) is 19.1 Å². The molecule has 1 aliphatic heterocycles. The zero-order valence-corrected chi connectivity index (χ0v) is 11.2. The van der Waals surface area contributed by atoms with Gasteiger partial charge in [-0.15, -0.1) is 0 Å². The molecule has 0 radical (unpaired) electrons. The van der Waals surface area contributed by atoms with Crippen molar-refractivity contribution in [1.29, 1.82) is 0 Å². The summed E-state index contributed by atoms with van der Waals surface area (Å²) in [7, 11) is 0. The van der Waals surface area contributed by atoms with Crippen LogP contribution in [0.2, 0.25) is 0 Å². The molecule has 2 nitrogen and oxygen atoms in total. The topological polar surface area (TPSA) is 21.3 Å². The van der Waals surface area contributed by atoms with Gasteiger partial charge in [-0.25, -0.2) is 0 Å². The van der Waals surface area contributed by atoms with Gasteiger partial charge in [0.05, 0.1) is 6.10 Å². The first-order chi connectivity index (χ1) is 7.84. The van der Waals surface area contributed by atoms with Crippen LogP contribution in [-0.2, 0) is 4.74 Å². The molecular weight excluding hydrogens is 218 g/mol. The van der Waals surface area contributed by atoms with Crippen LogP contribution in [0.3, 0.4) is 0 Å². The monoisotopic (exact) mass is 243 g/mol. The fourth-order valence-corrected chi connectivity index (χ4v) is 3.32. The van der Waals surface area contributed by atoms with Crippen LogP contribution in [0, 0.1) is 5.92 Å². The highest BCUT2D eigenvalue weighted by atomic mass is 32.2. The number of hydrogen-bond donors (Lipinski definition) is 1. The Hall–Kier alpha value is 0.270. The van der Waals surface area contributed by atoms with Gasteiger partial charge in [0.15, 0.2) is 0 Å². The average molecular weight is 243 g/mol. The molecule has 1 aliphatic carbocycles. The molecule has 0 aromatic carbocycles. The Morgan fingerprint density at radius 3 is 2.94 bits per heavy atom. The molecule has 0 amide bonds.